The van der Waals surface area contributed by atoms with Gasteiger partial charge in [-0.3, -0.25) is 4.79 Å². The molecular weight excluding hydrogens is 210 g/mol. The minimum atomic E-state index is -0.790. The SMILES string of the molecule is COC(=O)OC1C(C(C)(C)C)=CC(=O)N1C. The lowest BCUT2D eigenvalue weighted by Crippen LogP contribution is -2.37. The molecule has 0 aromatic heterocycles. The van der Waals surface area contributed by atoms with E-state index >= 15 is 0 Å². The summed E-state index contributed by atoms with van der Waals surface area (Å²) >= 11 is 0. The lowest BCUT2D eigenvalue weighted by Gasteiger charge is -2.29. The molecule has 90 valence electrons. The summed E-state index contributed by atoms with van der Waals surface area (Å²) in [6.45, 7) is 5.87. The first kappa shape index (κ1) is 12.5. The maximum Gasteiger partial charge on any atom is 0.510 e. The molecule has 1 atom stereocenters. The van der Waals surface area contributed by atoms with Gasteiger partial charge in [-0.2, -0.15) is 0 Å². The number of hydrogen-bond acceptors (Lipinski definition) is 4. The van der Waals surface area contributed by atoms with Crippen LogP contribution in [0.3, 0.4) is 0 Å². The molecule has 0 aromatic carbocycles. The second-order valence-electron chi connectivity index (χ2n) is 4.72. The van der Waals surface area contributed by atoms with Crippen molar-refractivity contribution in [1.29, 1.82) is 0 Å². The number of hydrogen-bond donors (Lipinski definition) is 0. The second kappa shape index (κ2) is 4.15. The van der Waals surface area contributed by atoms with E-state index < -0.39 is 12.4 Å². The summed E-state index contributed by atoms with van der Waals surface area (Å²) in [6.07, 6.45) is 0.0507. The first-order chi connectivity index (χ1) is 7.27. The summed E-state index contributed by atoms with van der Waals surface area (Å²) in [5, 5.41) is 0. The number of amides is 1. The van der Waals surface area contributed by atoms with Gasteiger partial charge in [-0.1, -0.05) is 20.8 Å². The number of methoxy groups -OCH3 is 1. The van der Waals surface area contributed by atoms with Gasteiger partial charge in [0.15, 0.2) is 0 Å². The minimum Gasteiger partial charge on any atom is -0.438 e. The maximum atomic E-state index is 11.5. The maximum absolute atomic E-state index is 11.5. The van der Waals surface area contributed by atoms with Crippen molar-refractivity contribution in [2.24, 2.45) is 5.41 Å². The minimum absolute atomic E-state index is 0.168. The fourth-order valence-electron chi connectivity index (χ4n) is 1.50. The highest BCUT2D eigenvalue weighted by Gasteiger charge is 2.38. The first-order valence-corrected chi connectivity index (χ1v) is 5.01. The molecule has 0 N–H and O–H groups in total. The van der Waals surface area contributed by atoms with Crippen LogP contribution in [0.5, 0.6) is 0 Å². The smallest absolute Gasteiger partial charge is 0.438 e. The van der Waals surface area contributed by atoms with E-state index in [1.165, 1.54) is 18.1 Å². The average molecular weight is 227 g/mol. The van der Waals surface area contributed by atoms with Crippen LogP contribution in [0.25, 0.3) is 0 Å². The molecule has 0 aliphatic carbocycles. The molecule has 1 aliphatic heterocycles. The summed E-state index contributed by atoms with van der Waals surface area (Å²) < 4.78 is 9.49. The van der Waals surface area contributed by atoms with Gasteiger partial charge in [0.25, 0.3) is 0 Å². The van der Waals surface area contributed by atoms with E-state index in [0.29, 0.717) is 0 Å². The second-order valence-corrected chi connectivity index (χ2v) is 4.72. The molecule has 1 unspecified atom stereocenters. The van der Waals surface area contributed by atoms with Crippen molar-refractivity contribution >= 4 is 12.1 Å². The van der Waals surface area contributed by atoms with E-state index in [2.05, 4.69) is 4.74 Å². The molecule has 16 heavy (non-hydrogen) atoms. The molecule has 0 saturated carbocycles. The van der Waals surface area contributed by atoms with Gasteiger partial charge in [0.1, 0.15) is 0 Å². The van der Waals surface area contributed by atoms with E-state index in [9.17, 15) is 9.59 Å². The third-order valence-electron chi connectivity index (χ3n) is 2.48. The molecule has 5 heteroatoms. The van der Waals surface area contributed by atoms with Crippen LogP contribution in [-0.4, -0.2) is 37.3 Å². The Bertz CT molecular complexity index is 340. The third-order valence-corrected chi connectivity index (χ3v) is 2.48. The van der Waals surface area contributed by atoms with Crippen LogP contribution in [0.1, 0.15) is 20.8 Å². The summed E-state index contributed by atoms with van der Waals surface area (Å²) in [4.78, 5) is 24.0. The van der Waals surface area contributed by atoms with Gasteiger partial charge in [-0.25, -0.2) is 4.79 Å². The molecule has 0 fully saturated rings. The van der Waals surface area contributed by atoms with Crippen molar-refractivity contribution < 1.29 is 19.1 Å². The number of ether oxygens (including phenoxy) is 2. The van der Waals surface area contributed by atoms with Crippen molar-refractivity contribution in [2.45, 2.75) is 27.0 Å². The van der Waals surface area contributed by atoms with Gasteiger partial charge >= 0.3 is 6.16 Å². The Morgan fingerprint density at radius 1 is 1.44 bits per heavy atom. The molecule has 0 aromatic rings. The summed E-state index contributed by atoms with van der Waals surface area (Å²) in [5.41, 5.74) is 0.532. The van der Waals surface area contributed by atoms with Crippen molar-refractivity contribution in [3.05, 3.63) is 11.6 Å². The van der Waals surface area contributed by atoms with Crippen molar-refractivity contribution in [3.8, 4) is 0 Å². The molecule has 1 amide bonds. The Morgan fingerprint density at radius 3 is 2.44 bits per heavy atom. The number of carbonyl (C=O) groups is 2. The van der Waals surface area contributed by atoms with Gasteiger partial charge in [0.05, 0.1) is 7.11 Å². The first-order valence-electron chi connectivity index (χ1n) is 5.01. The molecule has 0 saturated heterocycles. The van der Waals surface area contributed by atoms with E-state index in [1.54, 1.807) is 7.05 Å². The summed E-state index contributed by atoms with van der Waals surface area (Å²) in [7, 11) is 2.82. The van der Waals surface area contributed by atoms with Crippen LogP contribution < -0.4 is 0 Å². The Morgan fingerprint density at radius 2 is 2.00 bits per heavy atom. The Balaban J connectivity index is 2.93. The van der Waals surface area contributed by atoms with Gasteiger partial charge < -0.3 is 14.4 Å². The quantitative estimate of drug-likeness (QED) is 0.637. The van der Waals surface area contributed by atoms with Crippen LogP contribution in [0.2, 0.25) is 0 Å². The number of nitrogens with zero attached hydrogens (tertiary/aromatic N) is 1. The number of carbonyl (C=O) groups excluding carboxylic acids is 2. The van der Waals surface area contributed by atoms with E-state index in [1.807, 2.05) is 20.8 Å². The largest absolute Gasteiger partial charge is 0.510 e. The lowest BCUT2D eigenvalue weighted by atomic mass is 9.86. The highest BCUT2D eigenvalue weighted by Crippen LogP contribution is 2.34. The van der Waals surface area contributed by atoms with Crippen LogP contribution in [0.4, 0.5) is 4.79 Å². The predicted molar refractivity (Wildman–Crippen MR) is 57.6 cm³/mol. The topological polar surface area (TPSA) is 55.8 Å². The zero-order chi connectivity index (χ0) is 12.5. The van der Waals surface area contributed by atoms with Crippen molar-refractivity contribution in [1.82, 2.24) is 4.90 Å². The zero-order valence-electron chi connectivity index (χ0n) is 10.2. The molecular formula is C11H17NO4. The van der Waals surface area contributed by atoms with Crippen molar-refractivity contribution in [2.75, 3.05) is 14.2 Å². The fraction of sp³-hybridized carbons (Fsp3) is 0.636. The standard InChI is InChI=1S/C11H17NO4/c1-11(2,3)7-6-8(13)12(4)9(7)16-10(14)15-5/h6,9H,1-5H3. The lowest BCUT2D eigenvalue weighted by molar-refractivity contribution is -0.130. The molecule has 1 aliphatic rings. The van der Waals surface area contributed by atoms with Crippen LogP contribution >= 0.6 is 0 Å². The monoisotopic (exact) mass is 227 g/mol. The van der Waals surface area contributed by atoms with Crippen molar-refractivity contribution in [3.63, 3.8) is 0 Å². The Kier molecular flexibility index (Phi) is 3.26. The Hall–Kier alpha value is -1.52. The van der Waals surface area contributed by atoms with Crippen LogP contribution in [-0.2, 0) is 14.3 Å². The number of rotatable bonds is 1. The number of likely N-dealkylation sites (N-methyl/N-ethyl adjacent to an activating group) is 1. The zero-order valence-corrected chi connectivity index (χ0v) is 10.2. The van der Waals surface area contributed by atoms with Crippen LogP contribution in [0.15, 0.2) is 11.6 Å². The highest BCUT2D eigenvalue weighted by molar-refractivity contribution is 5.92. The molecule has 0 spiro atoms. The fourth-order valence-corrected chi connectivity index (χ4v) is 1.50. The van der Waals surface area contributed by atoms with Gasteiger partial charge in [0.2, 0.25) is 12.1 Å². The Labute approximate surface area is 95.0 Å². The van der Waals surface area contributed by atoms with Gasteiger partial charge in [-0.15, -0.1) is 0 Å². The van der Waals surface area contributed by atoms with Gasteiger partial charge in [-0.05, 0) is 5.41 Å². The van der Waals surface area contributed by atoms with E-state index in [0.717, 1.165) is 5.57 Å². The molecule has 1 rings (SSSR count). The highest BCUT2D eigenvalue weighted by atomic mass is 16.7. The summed E-state index contributed by atoms with van der Waals surface area (Å²) in [6, 6.07) is 0. The summed E-state index contributed by atoms with van der Waals surface area (Å²) in [5.74, 6) is -0.168. The predicted octanol–water partition coefficient (Wildman–Crippen LogP) is 1.54. The van der Waals surface area contributed by atoms with Crippen LogP contribution in [0, 0.1) is 5.41 Å². The molecule has 1 heterocycles. The van der Waals surface area contributed by atoms with Gasteiger partial charge in [0, 0.05) is 18.7 Å². The molecule has 0 bridgehead atoms. The molecule has 0 radical (unpaired) electrons. The average Bonchev–Trinajstić information content (AvgIpc) is 2.45. The van der Waals surface area contributed by atoms with E-state index in [4.69, 9.17) is 4.74 Å². The normalized spacial score (nSPS) is 20.8. The third kappa shape index (κ3) is 2.35. The van der Waals surface area contributed by atoms with E-state index in [-0.39, 0.29) is 11.3 Å². The molecule has 5 nitrogen and oxygen atoms in total.